The number of ether oxygens (including phenoxy) is 4. The van der Waals surface area contributed by atoms with Gasteiger partial charge in [-0.2, -0.15) is 0 Å². The van der Waals surface area contributed by atoms with E-state index in [1.165, 1.54) is 0 Å². The zero-order chi connectivity index (χ0) is 17.0. The molecule has 0 aromatic heterocycles. The first kappa shape index (κ1) is 17.4. The Hall–Kier alpha value is -1.93. The Balaban J connectivity index is 2.78. The van der Waals surface area contributed by atoms with Crippen LogP contribution in [0.4, 0.5) is 0 Å². The van der Waals surface area contributed by atoms with Crippen molar-refractivity contribution in [3.05, 3.63) is 47.5 Å². The first-order chi connectivity index (χ1) is 11.0. The van der Waals surface area contributed by atoms with Gasteiger partial charge in [0.2, 0.25) is 0 Å². The summed E-state index contributed by atoms with van der Waals surface area (Å²) in [7, 11) is 9.48. The second-order valence-electron chi connectivity index (χ2n) is 5.28. The first-order valence-electron chi connectivity index (χ1n) is 7.23. The molecule has 0 radical (unpaired) electrons. The highest BCUT2D eigenvalue weighted by molar-refractivity contribution is 7.19. The summed E-state index contributed by atoms with van der Waals surface area (Å²) in [6.45, 7) is 2.07. The zero-order valence-electron chi connectivity index (χ0n) is 14.2. The molecule has 0 aliphatic heterocycles. The van der Waals surface area contributed by atoms with E-state index in [9.17, 15) is 0 Å². The van der Waals surface area contributed by atoms with E-state index < -0.39 is 5.16 Å². The van der Waals surface area contributed by atoms with Crippen molar-refractivity contribution in [3.8, 4) is 23.0 Å². The van der Waals surface area contributed by atoms with E-state index in [4.69, 9.17) is 18.9 Å². The quantitative estimate of drug-likeness (QED) is 0.752. The molecule has 0 amide bonds. The average Bonchev–Trinajstić information content (AvgIpc) is 2.59. The van der Waals surface area contributed by atoms with Crippen LogP contribution in [0.3, 0.4) is 0 Å². The van der Waals surface area contributed by atoms with Gasteiger partial charge in [-0.3, -0.25) is 0 Å². The van der Waals surface area contributed by atoms with Gasteiger partial charge in [-0.1, -0.05) is 12.1 Å². The van der Waals surface area contributed by atoms with Crippen LogP contribution in [-0.4, -0.2) is 28.4 Å². The third kappa shape index (κ3) is 3.09. The third-order valence-electron chi connectivity index (χ3n) is 3.89. The van der Waals surface area contributed by atoms with Crippen molar-refractivity contribution in [2.24, 2.45) is 0 Å². The Morgan fingerprint density at radius 3 is 1.13 bits per heavy atom. The predicted molar refractivity (Wildman–Crippen MR) is 95.3 cm³/mol. The van der Waals surface area contributed by atoms with Crippen molar-refractivity contribution < 1.29 is 18.9 Å². The van der Waals surface area contributed by atoms with Crippen LogP contribution in [0.5, 0.6) is 23.0 Å². The van der Waals surface area contributed by atoms with Crippen molar-refractivity contribution >= 4 is 9.24 Å². The van der Waals surface area contributed by atoms with Gasteiger partial charge < -0.3 is 18.9 Å². The van der Waals surface area contributed by atoms with Crippen LogP contribution in [0.15, 0.2) is 36.4 Å². The van der Waals surface area contributed by atoms with Gasteiger partial charge in [-0.25, -0.2) is 0 Å². The van der Waals surface area contributed by atoms with Crippen molar-refractivity contribution in [3.63, 3.8) is 0 Å². The lowest BCUT2D eigenvalue weighted by atomic mass is 9.88. The van der Waals surface area contributed by atoms with Gasteiger partial charge in [0.05, 0.1) is 39.6 Å². The smallest absolute Gasteiger partial charge is 0.127 e. The molecule has 0 heterocycles. The maximum Gasteiger partial charge on any atom is 0.127 e. The highest BCUT2D eigenvalue weighted by Crippen LogP contribution is 2.52. The summed E-state index contributed by atoms with van der Waals surface area (Å²) in [6, 6.07) is 11.5. The summed E-state index contributed by atoms with van der Waals surface area (Å²) >= 11 is 0. The van der Waals surface area contributed by atoms with Crippen molar-refractivity contribution in [2.45, 2.75) is 12.1 Å². The Morgan fingerprint density at radius 1 is 0.652 bits per heavy atom. The number of methoxy groups -OCH3 is 4. The lowest BCUT2D eigenvalue weighted by Gasteiger charge is -2.31. The molecule has 1 atom stereocenters. The van der Waals surface area contributed by atoms with Gasteiger partial charge in [0.25, 0.3) is 0 Å². The van der Waals surface area contributed by atoms with E-state index >= 15 is 0 Å². The molecule has 0 aliphatic carbocycles. The highest BCUT2D eigenvalue weighted by atomic mass is 31.0. The number of rotatable bonds is 6. The number of benzene rings is 2. The van der Waals surface area contributed by atoms with Crippen molar-refractivity contribution in [1.82, 2.24) is 0 Å². The predicted octanol–water partition coefficient (Wildman–Crippen LogP) is 3.86. The molecule has 2 rings (SSSR count). The molecule has 23 heavy (non-hydrogen) atoms. The van der Waals surface area contributed by atoms with E-state index in [1.54, 1.807) is 28.4 Å². The molecule has 0 fully saturated rings. The summed E-state index contributed by atoms with van der Waals surface area (Å²) in [5.41, 5.74) is 1.83. The Morgan fingerprint density at radius 2 is 0.913 bits per heavy atom. The zero-order valence-corrected chi connectivity index (χ0v) is 15.3. The Labute approximate surface area is 139 Å². The number of hydrogen-bond donors (Lipinski definition) is 0. The van der Waals surface area contributed by atoms with Crippen LogP contribution >= 0.6 is 9.24 Å². The van der Waals surface area contributed by atoms with Gasteiger partial charge >= 0.3 is 0 Å². The normalized spacial score (nSPS) is 11.0. The summed E-state index contributed by atoms with van der Waals surface area (Å²) in [6.07, 6.45) is 0. The standard InChI is InChI=1S/C18H23O4P/c1-18(23,16-12(19-2)8-6-9-13(16)20-3)17-14(21-4)10-7-11-15(17)22-5/h6-11H,23H2,1-5H3. The summed E-state index contributed by atoms with van der Waals surface area (Å²) in [5.74, 6) is 2.98. The van der Waals surface area contributed by atoms with Crippen molar-refractivity contribution in [1.29, 1.82) is 0 Å². The minimum absolute atomic E-state index is 0.532. The third-order valence-corrected chi connectivity index (χ3v) is 4.47. The van der Waals surface area contributed by atoms with E-state index in [0.29, 0.717) is 0 Å². The monoisotopic (exact) mass is 334 g/mol. The molecule has 2 aromatic carbocycles. The molecule has 0 N–H and O–H groups in total. The van der Waals surface area contributed by atoms with E-state index in [0.717, 1.165) is 34.1 Å². The first-order valence-corrected chi connectivity index (χ1v) is 7.80. The van der Waals surface area contributed by atoms with Crippen LogP contribution in [0.2, 0.25) is 0 Å². The molecule has 0 saturated heterocycles. The van der Waals surface area contributed by atoms with Gasteiger partial charge in [0.15, 0.2) is 0 Å². The maximum absolute atomic E-state index is 5.57. The fourth-order valence-corrected chi connectivity index (χ4v) is 3.42. The van der Waals surface area contributed by atoms with Crippen LogP contribution in [0.1, 0.15) is 18.1 Å². The molecule has 0 aliphatic rings. The SMILES string of the molecule is COc1cccc(OC)c1C(C)(P)c1c(OC)cccc1OC. The lowest BCUT2D eigenvalue weighted by Crippen LogP contribution is -2.19. The second kappa shape index (κ2) is 7.10. The minimum Gasteiger partial charge on any atom is -0.496 e. The van der Waals surface area contributed by atoms with Gasteiger partial charge in [-0.15, -0.1) is 9.24 Å². The lowest BCUT2D eigenvalue weighted by molar-refractivity contribution is 0.367. The minimum atomic E-state index is -0.532. The molecule has 124 valence electrons. The largest absolute Gasteiger partial charge is 0.496 e. The average molecular weight is 334 g/mol. The van der Waals surface area contributed by atoms with Crippen LogP contribution in [0.25, 0.3) is 0 Å². The van der Waals surface area contributed by atoms with Gasteiger partial charge in [-0.05, 0) is 31.2 Å². The molecule has 1 unspecified atom stereocenters. The van der Waals surface area contributed by atoms with Crippen molar-refractivity contribution in [2.75, 3.05) is 28.4 Å². The summed E-state index contributed by atoms with van der Waals surface area (Å²) < 4.78 is 22.3. The molecule has 4 nitrogen and oxygen atoms in total. The van der Waals surface area contributed by atoms with Gasteiger partial charge in [0, 0.05) is 5.16 Å². The fraction of sp³-hybridized carbons (Fsp3) is 0.333. The van der Waals surface area contributed by atoms with E-state index in [2.05, 4.69) is 16.2 Å². The van der Waals surface area contributed by atoms with Crippen LogP contribution < -0.4 is 18.9 Å². The maximum atomic E-state index is 5.57. The van der Waals surface area contributed by atoms with E-state index in [1.807, 2.05) is 36.4 Å². The molecule has 0 saturated carbocycles. The van der Waals surface area contributed by atoms with Crippen LogP contribution in [0, 0.1) is 0 Å². The van der Waals surface area contributed by atoms with Crippen LogP contribution in [-0.2, 0) is 5.16 Å². The Kier molecular flexibility index (Phi) is 5.38. The Bertz CT molecular complexity index is 581. The highest BCUT2D eigenvalue weighted by Gasteiger charge is 2.35. The summed E-state index contributed by atoms with van der Waals surface area (Å²) in [5, 5.41) is -0.532. The molecule has 0 bridgehead atoms. The number of hydrogen-bond acceptors (Lipinski definition) is 4. The molecular weight excluding hydrogens is 311 g/mol. The topological polar surface area (TPSA) is 36.9 Å². The van der Waals surface area contributed by atoms with Gasteiger partial charge in [0.1, 0.15) is 23.0 Å². The molecule has 2 aromatic rings. The van der Waals surface area contributed by atoms with E-state index in [-0.39, 0.29) is 0 Å². The molecular formula is C18H23O4P. The molecule has 5 heteroatoms. The molecule has 0 spiro atoms. The second-order valence-corrected chi connectivity index (χ2v) is 6.43. The summed E-state index contributed by atoms with van der Waals surface area (Å²) in [4.78, 5) is 0. The fourth-order valence-electron chi connectivity index (χ4n) is 2.85.